The number of amides is 2. The Bertz CT molecular complexity index is 1030. The van der Waals surface area contributed by atoms with E-state index in [4.69, 9.17) is 11.5 Å². The molecule has 10 heteroatoms. The number of hydrogen-bond acceptors (Lipinski definition) is 8. The number of aliphatic hydroxyl groups excluding tert-OH is 2. The zero-order chi connectivity index (χ0) is 28.4. The summed E-state index contributed by atoms with van der Waals surface area (Å²) < 4.78 is 0. The average molecular weight is 560 g/mol. The van der Waals surface area contributed by atoms with Gasteiger partial charge in [-0.3, -0.25) is 9.59 Å². The van der Waals surface area contributed by atoms with Gasteiger partial charge in [0.25, 0.3) is 0 Å². The predicted octanol–water partition coefficient (Wildman–Crippen LogP) is 2.55. The number of benzene rings is 1. The van der Waals surface area contributed by atoms with Crippen LogP contribution in [-0.2, 0) is 22.4 Å². The van der Waals surface area contributed by atoms with E-state index in [1.165, 1.54) is 17.8 Å². The van der Waals surface area contributed by atoms with Crippen molar-refractivity contribution in [3.63, 3.8) is 0 Å². The Morgan fingerprint density at radius 3 is 2.36 bits per heavy atom. The Balaban J connectivity index is 1.75. The van der Waals surface area contributed by atoms with E-state index in [0.717, 1.165) is 31.2 Å². The Labute approximate surface area is 235 Å². The lowest BCUT2D eigenvalue weighted by molar-refractivity contribution is -0.131. The highest BCUT2D eigenvalue weighted by Crippen LogP contribution is 2.29. The molecule has 1 heterocycles. The highest BCUT2D eigenvalue weighted by molar-refractivity contribution is 7.13. The third kappa shape index (κ3) is 10.2. The molecule has 9 nitrogen and oxygen atoms in total. The number of nitrogens with one attached hydrogen (secondary N) is 2. The molecule has 0 bridgehead atoms. The van der Waals surface area contributed by atoms with Crippen molar-refractivity contribution in [1.82, 2.24) is 15.6 Å². The molecule has 0 saturated heterocycles. The van der Waals surface area contributed by atoms with Crippen molar-refractivity contribution < 1.29 is 19.8 Å². The van der Waals surface area contributed by atoms with Crippen LogP contribution in [0.2, 0.25) is 0 Å². The summed E-state index contributed by atoms with van der Waals surface area (Å²) in [6.07, 6.45) is 4.87. The summed E-state index contributed by atoms with van der Waals surface area (Å²) in [4.78, 5) is 31.0. The molecule has 1 fully saturated rings. The highest BCUT2D eigenvalue weighted by atomic mass is 32.1. The molecule has 2 aromatic rings. The molecule has 0 spiro atoms. The number of carbonyl (C=O) groups is 2. The van der Waals surface area contributed by atoms with E-state index >= 15 is 0 Å². The first kappa shape index (κ1) is 31.0. The number of carbonyl (C=O) groups excluding carboxylic acids is 2. The Kier molecular flexibility index (Phi) is 12.2. The van der Waals surface area contributed by atoms with Gasteiger partial charge in [-0.05, 0) is 36.7 Å². The fourth-order valence-corrected chi connectivity index (χ4v) is 5.89. The Hall–Kier alpha value is -2.53. The van der Waals surface area contributed by atoms with Gasteiger partial charge in [0.2, 0.25) is 11.8 Å². The van der Waals surface area contributed by atoms with Crippen molar-refractivity contribution in [2.45, 2.75) is 102 Å². The van der Waals surface area contributed by atoms with Crippen molar-refractivity contribution in [2.75, 3.05) is 5.73 Å². The van der Waals surface area contributed by atoms with Gasteiger partial charge in [-0.15, -0.1) is 11.3 Å². The van der Waals surface area contributed by atoms with Gasteiger partial charge < -0.3 is 32.3 Å². The molecule has 1 aromatic heterocycles. The highest BCUT2D eigenvalue weighted by Gasteiger charge is 2.33. The molecule has 5 atom stereocenters. The number of aromatic nitrogens is 1. The number of anilines is 1. The quantitative estimate of drug-likeness (QED) is 0.207. The number of nitrogen functional groups attached to an aromatic ring is 1. The SMILES string of the molecule is CC(C)CC(O)C(O)C(CC1CCCCC1)NC(=O)[C@H](Cc1csc(N)n1)NC(=O)[C@@H](N)Cc1ccccc1. The van der Waals surface area contributed by atoms with Crippen molar-refractivity contribution in [3.8, 4) is 0 Å². The van der Waals surface area contributed by atoms with Gasteiger partial charge >= 0.3 is 0 Å². The van der Waals surface area contributed by atoms with Crippen LogP contribution >= 0.6 is 11.3 Å². The van der Waals surface area contributed by atoms with E-state index in [-0.39, 0.29) is 12.3 Å². The minimum atomic E-state index is -1.12. The summed E-state index contributed by atoms with van der Waals surface area (Å²) >= 11 is 1.26. The summed E-state index contributed by atoms with van der Waals surface area (Å²) in [6.45, 7) is 3.96. The predicted molar refractivity (Wildman–Crippen MR) is 155 cm³/mol. The topological polar surface area (TPSA) is 164 Å². The number of hydrogen-bond donors (Lipinski definition) is 6. The molecular weight excluding hydrogens is 514 g/mol. The van der Waals surface area contributed by atoms with E-state index in [1.54, 1.807) is 5.38 Å². The monoisotopic (exact) mass is 559 g/mol. The number of thiazole rings is 1. The summed E-state index contributed by atoms with van der Waals surface area (Å²) in [5.74, 6) is -0.352. The number of nitrogens with two attached hydrogens (primary N) is 2. The van der Waals surface area contributed by atoms with Gasteiger partial charge in [0.15, 0.2) is 5.13 Å². The maximum Gasteiger partial charge on any atom is 0.243 e. The fraction of sp³-hybridized carbons (Fsp3) is 0.621. The molecule has 0 radical (unpaired) electrons. The van der Waals surface area contributed by atoms with Crippen LogP contribution in [0.25, 0.3) is 0 Å². The summed E-state index contributed by atoms with van der Waals surface area (Å²) in [6, 6.07) is 6.99. The van der Waals surface area contributed by atoms with Gasteiger partial charge in [-0.25, -0.2) is 4.98 Å². The van der Waals surface area contributed by atoms with Crippen molar-refractivity contribution in [1.29, 1.82) is 0 Å². The van der Waals surface area contributed by atoms with Crippen molar-refractivity contribution >= 4 is 28.3 Å². The van der Waals surface area contributed by atoms with Crippen molar-refractivity contribution in [3.05, 3.63) is 47.0 Å². The molecule has 1 saturated carbocycles. The van der Waals surface area contributed by atoms with Crippen LogP contribution in [0.4, 0.5) is 5.13 Å². The summed E-state index contributed by atoms with van der Waals surface area (Å²) in [7, 11) is 0. The smallest absolute Gasteiger partial charge is 0.243 e. The van der Waals surface area contributed by atoms with Gasteiger partial charge in [-0.1, -0.05) is 76.3 Å². The maximum atomic E-state index is 13.7. The molecular formula is C29H45N5O4S. The van der Waals surface area contributed by atoms with Crippen LogP contribution in [0.5, 0.6) is 0 Å². The van der Waals surface area contributed by atoms with E-state index in [2.05, 4.69) is 15.6 Å². The molecule has 8 N–H and O–H groups in total. The maximum absolute atomic E-state index is 13.7. The second-order valence-corrected chi connectivity index (χ2v) is 12.2. The summed E-state index contributed by atoms with van der Waals surface area (Å²) in [5, 5.41) is 29.8. The van der Waals surface area contributed by atoms with Crippen LogP contribution in [-0.4, -0.2) is 57.3 Å². The second kappa shape index (κ2) is 15.3. The minimum Gasteiger partial charge on any atom is -0.390 e. The van der Waals surface area contributed by atoms with Crippen molar-refractivity contribution in [2.24, 2.45) is 17.6 Å². The molecule has 0 aliphatic heterocycles. The number of nitrogens with zero attached hydrogens (tertiary/aromatic N) is 1. The van der Waals surface area contributed by atoms with Gasteiger partial charge in [0, 0.05) is 11.8 Å². The third-order valence-corrected chi connectivity index (χ3v) is 8.13. The van der Waals surface area contributed by atoms with E-state index in [9.17, 15) is 19.8 Å². The van der Waals surface area contributed by atoms with E-state index in [0.29, 0.717) is 36.0 Å². The Morgan fingerprint density at radius 2 is 1.74 bits per heavy atom. The van der Waals surface area contributed by atoms with E-state index in [1.807, 2.05) is 44.2 Å². The summed E-state index contributed by atoms with van der Waals surface area (Å²) in [5.41, 5.74) is 13.5. The van der Waals surface area contributed by atoms with Crippen LogP contribution in [0.3, 0.4) is 0 Å². The first-order valence-corrected chi connectivity index (χ1v) is 15.0. The molecule has 3 unspecified atom stereocenters. The molecule has 1 aromatic carbocycles. The van der Waals surface area contributed by atoms with E-state index < -0.39 is 42.1 Å². The average Bonchev–Trinajstić information content (AvgIpc) is 3.32. The molecule has 216 valence electrons. The van der Waals surface area contributed by atoms with Crippen LogP contribution in [0.1, 0.15) is 70.1 Å². The minimum absolute atomic E-state index is 0.129. The zero-order valence-corrected chi connectivity index (χ0v) is 23.9. The first-order valence-electron chi connectivity index (χ1n) is 14.1. The van der Waals surface area contributed by atoms with Gasteiger partial charge in [-0.2, -0.15) is 0 Å². The lowest BCUT2D eigenvalue weighted by Gasteiger charge is -2.33. The molecule has 39 heavy (non-hydrogen) atoms. The van der Waals surface area contributed by atoms with Gasteiger partial charge in [0.1, 0.15) is 12.1 Å². The second-order valence-electron chi connectivity index (χ2n) is 11.3. The van der Waals surface area contributed by atoms with Crippen LogP contribution in [0, 0.1) is 11.8 Å². The lowest BCUT2D eigenvalue weighted by Crippen LogP contribution is -2.57. The normalized spacial score (nSPS) is 18.2. The molecule has 3 rings (SSSR count). The molecule has 1 aliphatic carbocycles. The fourth-order valence-electron chi connectivity index (χ4n) is 5.31. The third-order valence-electron chi connectivity index (χ3n) is 7.41. The van der Waals surface area contributed by atoms with Gasteiger partial charge in [0.05, 0.1) is 23.9 Å². The largest absolute Gasteiger partial charge is 0.390 e. The molecule has 2 amide bonds. The zero-order valence-electron chi connectivity index (χ0n) is 23.1. The number of aliphatic hydroxyl groups is 2. The molecule has 1 aliphatic rings. The van der Waals surface area contributed by atoms with Crippen LogP contribution < -0.4 is 22.1 Å². The number of rotatable bonds is 14. The van der Waals surface area contributed by atoms with Crippen LogP contribution in [0.15, 0.2) is 35.7 Å². The standard InChI is InChI=1S/C29H45N5O4S/c1-18(2)13-25(35)26(36)23(15-20-11-7-4-8-12-20)33-28(38)24(16-21-17-39-29(31)32-21)34-27(37)22(30)14-19-9-5-3-6-10-19/h3,5-6,9-10,17-18,20,22-26,35-36H,4,7-8,11-16,30H2,1-2H3,(H2,31,32)(H,33,38)(H,34,37)/t22-,23?,24-,25?,26?/m0/s1. The lowest BCUT2D eigenvalue weighted by atomic mass is 9.82. The Morgan fingerprint density at radius 1 is 1.05 bits per heavy atom. The first-order chi connectivity index (χ1) is 18.6.